The van der Waals surface area contributed by atoms with Gasteiger partial charge in [-0.1, -0.05) is 0 Å². The second kappa shape index (κ2) is 6.42. The summed E-state index contributed by atoms with van der Waals surface area (Å²) in [6.07, 6.45) is 2.07. The number of amides is 1. The molecule has 0 spiro atoms. The molecule has 1 heterocycles. The Kier molecular flexibility index (Phi) is 4.81. The molecule has 21 heavy (non-hydrogen) atoms. The summed E-state index contributed by atoms with van der Waals surface area (Å²) in [6, 6.07) is 4.19. The number of nitrogens with two attached hydrogens (primary N) is 1. The lowest BCUT2D eigenvalue weighted by molar-refractivity contribution is -0.118. The molecule has 1 aliphatic rings. The SMILES string of the molecule is COc1cc(NC(=O)CC2CCCO2)ccc1S(N)(=O)=O. The molecule has 1 aliphatic heterocycles. The van der Waals surface area contributed by atoms with E-state index in [0.717, 1.165) is 12.8 Å². The Labute approximate surface area is 123 Å². The first-order valence-electron chi connectivity index (χ1n) is 6.52. The average Bonchev–Trinajstić information content (AvgIpc) is 2.89. The van der Waals surface area contributed by atoms with Crippen LogP contribution in [0.3, 0.4) is 0 Å². The van der Waals surface area contributed by atoms with Crippen LogP contribution in [0.25, 0.3) is 0 Å². The molecule has 0 saturated carbocycles. The zero-order chi connectivity index (χ0) is 15.5. The van der Waals surface area contributed by atoms with Gasteiger partial charge >= 0.3 is 0 Å². The van der Waals surface area contributed by atoms with Gasteiger partial charge in [0, 0.05) is 18.4 Å². The summed E-state index contributed by atoms with van der Waals surface area (Å²) in [5.74, 6) is -0.0975. The van der Waals surface area contributed by atoms with Gasteiger partial charge in [0.2, 0.25) is 15.9 Å². The minimum Gasteiger partial charge on any atom is -0.495 e. The normalized spacial score (nSPS) is 18.5. The Bertz CT molecular complexity index is 623. The number of anilines is 1. The minimum atomic E-state index is -3.87. The zero-order valence-corrected chi connectivity index (χ0v) is 12.5. The topological polar surface area (TPSA) is 108 Å². The van der Waals surface area contributed by atoms with Crippen LogP contribution in [0.2, 0.25) is 0 Å². The first-order valence-corrected chi connectivity index (χ1v) is 8.07. The predicted molar refractivity (Wildman–Crippen MR) is 76.6 cm³/mol. The van der Waals surface area contributed by atoms with Gasteiger partial charge in [0.05, 0.1) is 19.6 Å². The number of carbonyl (C=O) groups excluding carboxylic acids is 1. The van der Waals surface area contributed by atoms with Gasteiger partial charge in [0.15, 0.2) is 0 Å². The van der Waals surface area contributed by atoms with Crippen molar-refractivity contribution in [1.82, 2.24) is 0 Å². The molecule has 116 valence electrons. The van der Waals surface area contributed by atoms with Crippen LogP contribution in [0.5, 0.6) is 5.75 Å². The maximum absolute atomic E-state index is 11.9. The van der Waals surface area contributed by atoms with Gasteiger partial charge in [-0.05, 0) is 25.0 Å². The predicted octanol–water partition coefficient (Wildman–Crippen LogP) is 0.850. The van der Waals surface area contributed by atoms with Crippen LogP contribution in [0.4, 0.5) is 5.69 Å². The van der Waals surface area contributed by atoms with Crippen molar-refractivity contribution in [2.24, 2.45) is 5.14 Å². The summed E-state index contributed by atoms with van der Waals surface area (Å²) in [6.45, 7) is 0.689. The van der Waals surface area contributed by atoms with Gasteiger partial charge in [-0.3, -0.25) is 4.79 Å². The van der Waals surface area contributed by atoms with Gasteiger partial charge in [0.25, 0.3) is 0 Å². The summed E-state index contributed by atoms with van der Waals surface area (Å²) >= 11 is 0. The molecule has 0 aliphatic carbocycles. The molecule has 1 atom stereocenters. The van der Waals surface area contributed by atoms with E-state index in [1.807, 2.05) is 0 Å². The van der Waals surface area contributed by atoms with E-state index in [4.69, 9.17) is 14.6 Å². The van der Waals surface area contributed by atoms with Gasteiger partial charge in [-0.25, -0.2) is 13.6 Å². The van der Waals surface area contributed by atoms with Crippen LogP contribution in [0.1, 0.15) is 19.3 Å². The molecule has 1 aromatic rings. The Balaban J connectivity index is 2.08. The monoisotopic (exact) mass is 314 g/mol. The molecule has 1 saturated heterocycles. The number of primary sulfonamides is 1. The first kappa shape index (κ1) is 15.7. The Hall–Kier alpha value is -1.64. The van der Waals surface area contributed by atoms with Crippen molar-refractivity contribution in [3.63, 3.8) is 0 Å². The zero-order valence-electron chi connectivity index (χ0n) is 11.7. The van der Waals surface area contributed by atoms with Crippen molar-refractivity contribution in [2.45, 2.75) is 30.3 Å². The number of sulfonamides is 1. The van der Waals surface area contributed by atoms with Crippen molar-refractivity contribution < 1.29 is 22.7 Å². The lowest BCUT2D eigenvalue weighted by atomic mass is 10.1. The van der Waals surface area contributed by atoms with E-state index >= 15 is 0 Å². The number of methoxy groups -OCH3 is 1. The number of ether oxygens (including phenoxy) is 2. The summed E-state index contributed by atoms with van der Waals surface area (Å²) in [7, 11) is -2.53. The van der Waals surface area contributed by atoms with Gasteiger partial charge in [-0.15, -0.1) is 0 Å². The fourth-order valence-electron chi connectivity index (χ4n) is 2.20. The highest BCUT2D eigenvalue weighted by molar-refractivity contribution is 7.89. The molecular weight excluding hydrogens is 296 g/mol. The number of rotatable bonds is 5. The molecule has 1 aromatic carbocycles. The van der Waals surface area contributed by atoms with Crippen LogP contribution < -0.4 is 15.2 Å². The highest BCUT2D eigenvalue weighted by atomic mass is 32.2. The average molecular weight is 314 g/mol. The molecule has 0 aromatic heterocycles. The number of carbonyl (C=O) groups is 1. The third-order valence-corrected chi connectivity index (χ3v) is 4.14. The molecule has 0 radical (unpaired) electrons. The molecule has 8 heteroatoms. The Morgan fingerprint density at radius 3 is 2.86 bits per heavy atom. The number of benzene rings is 1. The molecule has 0 bridgehead atoms. The lowest BCUT2D eigenvalue weighted by Crippen LogP contribution is -2.19. The summed E-state index contributed by atoms with van der Waals surface area (Å²) in [5.41, 5.74) is 0.447. The molecule has 3 N–H and O–H groups in total. The molecule has 1 unspecified atom stereocenters. The van der Waals surface area contributed by atoms with E-state index in [1.165, 1.54) is 25.3 Å². The van der Waals surface area contributed by atoms with Crippen molar-refractivity contribution in [3.05, 3.63) is 18.2 Å². The summed E-state index contributed by atoms with van der Waals surface area (Å²) in [5, 5.41) is 7.77. The number of hydrogen-bond donors (Lipinski definition) is 2. The van der Waals surface area contributed by atoms with Gasteiger partial charge < -0.3 is 14.8 Å². The van der Waals surface area contributed by atoms with Gasteiger partial charge in [-0.2, -0.15) is 0 Å². The van der Waals surface area contributed by atoms with Crippen LogP contribution in [0, 0.1) is 0 Å². The quantitative estimate of drug-likeness (QED) is 0.837. The third-order valence-electron chi connectivity index (χ3n) is 3.19. The fourth-order valence-corrected chi connectivity index (χ4v) is 2.88. The van der Waals surface area contributed by atoms with Crippen molar-refractivity contribution in [3.8, 4) is 5.75 Å². The number of nitrogens with one attached hydrogen (secondary N) is 1. The van der Waals surface area contributed by atoms with E-state index in [2.05, 4.69) is 5.32 Å². The first-order chi connectivity index (χ1) is 9.90. The molecule has 7 nitrogen and oxygen atoms in total. The largest absolute Gasteiger partial charge is 0.495 e. The van der Waals surface area contributed by atoms with Crippen LogP contribution in [0.15, 0.2) is 23.1 Å². The van der Waals surface area contributed by atoms with Crippen LogP contribution in [-0.4, -0.2) is 34.1 Å². The van der Waals surface area contributed by atoms with Crippen molar-refractivity contribution >= 4 is 21.6 Å². The molecule has 1 amide bonds. The Morgan fingerprint density at radius 1 is 1.52 bits per heavy atom. The van der Waals surface area contributed by atoms with E-state index < -0.39 is 10.0 Å². The van der Waals surface area contributed by atoms with Gasteiger partial charge in [0.1, 0.15) is 10.6 Å². The second-order valence-corrected chi connectivity index (χ2v) is 6.33. The highest BCUT2D eigenvalue weighted by Gasteiger charge is 2.20. The van der Waals surface area contributed by atoms with E-state index in [0.29, 0.717) is 12.3 Å². The smallest absolute Gasteiger partial charge is 0.241 e. The second-order valence-electron chi connectivity index (χ2n) is 4.80. The van der Waals surface area contributed by atoms with Crippen LogP contribution in [-0.2, 0) is 19.6 Å². The minimum absolute atomic E-state index is 0.0458. The van der Waals surface area contributed by atoms with Crippen molar-refractivity contribution in [1.29, 1.82) is 0 Å². The molecular formula is C13H18N2O5S. The summed E-state index contributed by atoms with van der Waals surface area (Å²) in [4.78, 5) is 11.8. The van der Waals surface area contributed by atoms with Crippen LogP contribution >= 0.6 is 0 Å². The maximum Gasteiger partial charge on any atom is 0.241 e. The van der Waals surface area contributed by atoms with E-state index in [1.54, 1.807) is 0 Å². The lowest BCUT2D eigenvalue weighted by Gasteiger charge is -2.12. The third kappa shape index (κ3) is 4.16. The Morgan fingerprint density at radius 2 is 2.29 bits per heavy atom. The highest BCUT2D eigenvalue weighted by Crippen LogP contribution is 2.26. The molecule has 2 rings (SSSR count). The van der Waals surface area contributed by atoms with E-state index in [9.17, 15) is 13.2 Å². The van der Waals surface area contributed by atoms with Crippen molar-refractivity contribution in [2.75, 3.05) is 19.0 Å². The standard InChI is InChI=1S/C13H18N2O5S/c1-19-11-7-9(4-5-12(11)21(14,17)18)15-13(16)8-10-3-2-6-20-10/h4-5,7,10H,2-3,6,8H2,1H3,(H,15,16)(H2,14,17,18). The summed E-state index contributed by atoms with van der Waals surface area (Å²) < 4.78 is 33.1. The maximum atomic E-state index is 11.9. The fraction of sp³-hybridized carbons (Fsp3) is 0.462. The van der Waals surface area contributed by atoms with E-state index in [-0.39, 0.29) is 29.1 Å². The molecule has 1 fully saturated rings. The number of hydrogen-bond acceptors (Lipinski definition) is 5.